The lowest BCUT2D eigenvalue weighted by atomic mass is 10.1. The minimum atomic E-state index is -0.643. The molecule has 1 heterocycles. The van der Waals surface area contributed by atoms with Gasteiger partial charge in [0.15, 0.2) is 0 Å². The summed E-state index contributed by atoms with van der Waals surface area (Å²) in [6.45, 7) is 6.23. The van der Waals surface area contributed by atoms with Crippen LogP contribution in [0.4, 0.5) is 4.39 Å². The molecule has 2 aromatic rings. The number of hydrogen-bond donors (Lipinski definition) is 0. The molecule has 1 aromatic carbocycles. The second kappa shape index (κ2) is 4.83. The molecule has 1 fully saturated rings. The van der Waals surface area contributed by atoms with Crippen LogP contribution >= 0.6 is 0 Å². The molecule has 0 saturated heterocycles. The van der Waals surface area contributed by atoms with Crippen LogP contribution in [0.15, 0.2) is 18.2 Å². The molecule has 1 saturated carbocycles. The van der Waals surface area contributed by atoms with E-state index in [0.29, 0.717) is 17.9 Å². The molecule has 1 aliphatic rings. The summed E-state index contributed by atoms with van der Waals surface area (Å²) in [5.74, 6) is 0.169. The fraction of sp³-hybridized carbons (Fsp3) is 0.500. The number of ether oxygens (including phenoxy) is 1. The topological polar surface area (TPSA) is 44.1 Å². The zero-order valence-corrected chi connectivity index (χ0v) is 12.5. The van der Waals surface area contributed by atoms with E-state index in [4.69, 9.17) is 4.74 Å². The van der Waals surface area contributed by atoms with E-state index in [0.717, 1.165) is 18.4 Å². The number of nitrogens with zero attached hydrogens (tertiary/aromatic N) is 2. The summed E-state index contributed by atoms with van der Waals surface area (Å²) in [5.41, 5.74) is 0.807. The van der Waals surface area contributed by atoms with E-state index in [1.54, 1.807) is 13.0 Å². The molecule has 0 amide bonds. The number of fused-ring (bicyclic) bond motifs is 1. The Bertz CT molecular complexity index is 702. The van der Waals surface area contributed by atoms with Gasteiger partial charge in [0.2, 0.25) is 0 Å². The van der Waals surface area contributed by atoms with Gasteiger partial charge in [-0.15, -0.1) is 0 Å². The Morgan fingerprint density at radius 2 is 2.19 bits per heavy atom. The number of halogens is 1. The summed E-state index contributed by atoms with van der Waals surface area (Å²) in [6, 6.07) is 4.71. The van der Waals surface area contributed by atoms with Crippen LogP contribution in [0.1, 0.15) is 45.5 Å². The molecule has 0 aliphatic heterocycles. The van der Waals surface area contributed by atoms with Gasteiger partial charge in [0.1, 0.15) is 17.1 Å². The lowest BCUT2D eigenvalue weighted by molar-refractivity contribution is -0.146. The van der Waals surface area contributed by atoms with Gasteiger partial charge in [0, 0.05) is 12.1 Å². The highest BCUT2D eigenvalue weighted by atomic mass is 19.1. The summed E-state index contributed by atoms with van der Waals surface area (Å²) in [6.07, 6.45) is 1.48. The zero-order valence-electron chi connectivity index (χ0n) is 12.5. The number of carbonyl (C=O) groups excluding carboxylic acids is 1. The molecule has 0 spiro atoms. The number of benzene rings is 1. The summed E-state index contributed by atoms with van der Waals surface area (Å²) in [7, 11) is 0. The first-order valence-electron chi connectivity index (χ1n) is 7.35. The van der Waals surface area contributed by atoms with Gasteiger partial charge in [0.05, 0.1) is 17.6 Å². The standard InChI is InChI=1S/C16H19FN2O2/c1-4-21-15(20)16(7-8-16)14-18-12-9-11(17)5-6-13(12)19(14)10(2)3/h5-6,9-10H,4,7-8H2,1-3H3. The minimum Gasteiger partial charge on any atom is -0.465 e. The van der Waals surface area contributed by atoms with Crippen molar-refractivity contribution >= 4 is 17.0 Å². The van der Waals surface area contributed by atoms with E-state index >= 15 is 0 Å². The summed E-state index contributed by atoms with van der Waals surface area (Å²) in [5, 5.41) is 0. The second-order valence-electron chi connectivity index (χ2n) is 5.83. The van der Waals surface area contributed by atoms with E-state index in [2.05, 4.69) is 4.98 Å². The molecular weight excluding hydrogens is 271 g/mol. The van der Waals surface area contributed by atoms with Crippen molar-refractivity contribution < 1.29 is 13.9 Å². The van der Waals surface area contributed by atoms with Crippen molar-refractivity contribution in [3.05, 3.63) is 29.8 Å². The number of esters is 1. The van der Waals surface area contributed by atoms with Gasteiger partial charge in [-0.1, -0.05) is 0 Å². The van der Waals surface area contributed by atoms with E-state index in [9.17, 15) is 9.18 Å². The number of hydrogen-bond acceptors (Lipinski definition) is 3. The quantitative estimate of drug-likeness (QED) is 0.811. The van der Waals surface area contributed by atoms with Crippen LogP contribution in [0.3, 0.4) is 0 Å². The Kier molecular flexibility index (Phi) is 3.23. The number of aromatic nitrogens is 2. The smallest absolute Gasteiger partial charge is 0.319 e. The number of imidazole rings is 1. The van der Waals surface area contributed by atoms with Crippen LogP contribution in [-0.2, 0) is 14.9 Å². The summed E-state index contributed by atoms with van der Waals surface area (Å²) < 4.78 is 20.7. The van der Waals surface area contributed by atoms with Gasteiger partial charge >= 0.3 is 5.97 Å². The fourth-order valence-corrected chi connectivity index (χ4v) is 2.85. The number of rotatable bonds is 4. The monoisotopic (exact) mass is 290 g/mol. The van der Waals surface area contributed by atoms with E-state index in [1.165, 1.54) is 12.1 Å². The third-order valence-electron chi connectivity index (χ3n) is 4.01. The van der Waals surface area contributed by atoms with Crippen LogP contribution in [0.25, 0.3) is 11.0 Å². The molecule has 4 nitrogen and oxygen atoms in total. The van der Waals surface area contributed by atoms with Gasteiger partial charge in [-0.2, -0.15) is 0 Å². The van der Waals surface area contributed by atoms with Crippen molar-refractivity contribution in [2.45, 2.75) is 45.1 Å². The van der Waals surface area contributed by atoms with Gasteiger partial charge < -0.3 is 9.30 Å². The average molecular weight is 290 g/mol. The Labute approximate surface area is 122 Å². The molecule has 3 rings (SSSR count). The van der Waals surface area contributed by atoms with Crippen molar-refractivity contribution in [1.29, 1.82) is 0 Å². The lowest BCUT2D eigenvalue weighted by Gasteiger charge is -2.18. The highest BCUT2D eigenvalue weighted by Gasteiger charge is 2.56. The van der Waals surface area contributed by atoms with Crippen molar-refractivity contribution in [2.75, 3.05) is 6.61 Å². The predicted molar refractivity (Wildman–Crippen MR) is 77.6 cm³/mol. The summed E-state index contributed by atoms with van der Waals surface area (Å²) in [4.78, 5) is 16.9. The second-order valence-corrected chi connectivity index (χ2v) is 5.83. The predicted octanol–water partition coefficient (Wildman–Crippen LogP) is 3.35. The van der Waals surface area contributed by atoms with Crippen molar-refractivity contribution in [1.82, 2.24) is 9.55 Å². The Morgan fingerprint density at radius 3 is 2.76 bits per heavy atom. The molecular formula is C16H19FN2O2. The highest BCUT2D eigenvalue weighted by molar-refractivity contribution is 5.87. The maximum atomic E-state index is 13.4. The van der Waals surface area contributed by atoms with Crippen molar-refractivity contribution in [2.24, 2.45) is 0 Å². The lowest BCUT2D eigenvalue weighted by Crippen LogP contribution is -2.27. The van der Waals surface area contributed by atoms with Crippen LogP contribution in [-0.4, -0.2) is 22.1 Å². The van der Waals surface area contributed by atoms with Gasteiger partial charge in [-0.05, 0) is 45.7 Å². The molecule has 0 N–H and O–H groups in total. The van der Waals surface area contributed by atoms with Crippen LogP contribution in [0, 0.1) is 5.82 Å². The first-order chi connectivity index (χ1) is 9.99. The van der Waals surface area contributed by atoms with E-state index in [1.807, 2.05) is 18.4 Å². The van der Waals surface area contributed by atoms with Crippen molar-refractivity contribution in [3.8, 4) is 0 Å². The van der Waals surface area contributed by atoms with E-state index < -0.39 is 5.41 Å². The zero-order chi connectivity index (χ0) is 15.2. The van der Waals surface area contributed by atoms with Gasteiger partial charge in [0.25, 0.3) is 0 Å². The Hall–Kier alpha value is -1.91. The molecule has 0 atom stereocenters. The van der Waals surface area contributed by atoms with Gasteiger partial charge in [-0.3, -0.25) is 4.79 Å². The molecule has 1 aromatic heterocycles. The van der Waals surface area contributed by atoms with Crippen LogP contribution < -0.4 is 0 Å². The maximum Gasteiger partial charge on any atom is 0.319 e. The van der Waals surface area contributed by atoms with Crippen molar-refractivity contribution in [3.63, 3.8) is 0 Å². The molecule has 0 radical (unpaired) electrons. The first-order valence-corrected chi connectivity index (χ1v) is 7.35. The Balaban J connectivity index is 2.18. The Morgan fingerprint density at radius 1 is 1.48 bits per heavy atom. The molecule has 0 bridgehead atoms. The molecule has 1 aliphatic carbocycles. The fourth-order valence-electron chi connectivity index (χ4n) is 2.85. The number of carbonyl (C=O) groups is 1. The molecule has 0 unspecified atom stereocenters. The third kappa shape index (κ3) is 2.11. The third-order valence-corrected chi connectivity index (χ3v) is 4.01. The van der Waals surface area contributed by atoms with Crippen LogP contribution in [0.2, 0.25) is 0 Å². The summed E-state index contributed by atoms with van der Waals surface area (Å²) >= 11 is 0. The molecule has 112 valence electrons. The maximum absolute atomic E-state index is 13.4. The normalized spacial score (nSPS) is 16.4. The SMILES string of the molecule is CCOC(=O)C1(c2nc3cc(F)ccc3n2C(C)C)CC1. The van der Waals surface area contributed by atoms with Gasteiger partial charge in [-0.25, -0.2) is 9.37 Å². The molecule has 21 heavy (non-hydrogen) atoms. The highest BCUT2D eigenvalue weighted by Crippen LogP contribution is 2.50. The largest absolute Gasteiger partial charge is 0.465 e. The minimum absolute atomic E-state index is 0.141. The van der Waals surface area contributed by atoms with E-state index in [-0.39, 0.29) is 17.8 Å². The first kappa shape index (κ1) is 14.0. The van der Waals surface area contributed by atoms with Crippen LogP contribution in [0.5, 0.6) is 0 Å². The molecule has 5 heteroatoms. The average Bonchev–Trinajstić information content (AvgIpc) is 3.14.